The van der Waals surface area contributed by atoms with Gasteiger partial charge in [0, 0.05) is 0 Å². The Balaban J connectivity index is -0.000000218. The van der Waals surface area contributed by atoms with Gasteiger partial charge >= 0.3 is 154 Å². The molecule has 0 saturated heterocycles. The maximum atomic E-state index is 7.50. The molecule has 0 atom stereocenters. The van der Waals surface area contributed by atoms with E-state index in [0.717, 1.165) is 25.2 Å². The van der Waals surface area contributed by atoms with Crippen molar-refractivity contribution in [1.82, 2.24) is 0 Å². The van der Waals surface area contributed by atoms with E-state index in [4.69, 9.17) is 28.1 Å². The van der Waals surface area contributed by atoms with Crippen molar-refractivity contribution in [3.63, 3.8) is 0 Å². The van der Waals surface area contributed by atoms with E-state index in [1.165, 1.54) is 9.47 Å². The van der Waals surface area contributed by atoms with Gasteiger partial charge in [-0.1, -0.05) is 0 Å². The van der Waals surface area contributed by atoms with E-state index in [-0.39, 0.29) is 0 Å². The van der Waals surface area contributed by atoms with E-state index in [1.807, 2.05) is 38.4 Å². The van der Waals surface area contributed by atoms with Gasteiger partial charge < -0.3 is 0 Å². The molecule has 6 nitrogen and oxygen atoms in total. The van der Waals surface area contributed by atoms with Gasteiger partial charge in [-0.25, -0.2) is 0 Å². The van der Waals surface area contributed by atoms with Crippen molar-refractivity contribution in [3.05, 3.63) is 62.7 Å². The summed E-state index contributed by atoms with van der Waals surface area (Å²) in [6.07, 6.45) is 7.83. The Kier molecular flexibility index (Phi) is 37.4. The molecule has 128 valence electrons. The summed E-state index contributed by atoms with van der Waals surface area (Å²) in [5.74, 6) is 1.07. The Hall–Kier alpha value is -1.50. The summed E-state index contributed by atoms with van der Waals surface area (Å²) in [5, 5.41) is 0. The molecule has 0 fully saturated rings. The summed E-state index contributed by atoms with van der Waals surface area (Å²) < 4.78 is 42.4. The number of hydrogen-bond acceptors (Lipinski definition) is 2. The maximum absolute atomic E-state index is 7.50. The fourth-order valence-corrected chi connectivity index (χ4v) is 2.34. The van der Waals surface area contributed by atoms with Gasteiger partial charge in [0.05, 0.1) is 0 Å². The Morgan fingerprint density at radius 2 is 1.75 bits per heavy atom. The van der Waals surface area contributed by atoms with Crippen LogP contribution < -0.4 is 0 Å². The molecule has 0 aromatic rings. The van der Waals surface area contributed by atoms with Crippen molar-refractivity contribution in [3.8, 4) is 0 Å². The van der Waals surface area contributed by atoms with Crippen molar-refractivity contribution in [1.29, 1.82) is 0 Å². The van der Waals surface area contributed by atoms with Crippen LogP contribution >= 0.6 is 0 Å². The SMILES string of the molecule is C=C/C=C/COC[C](=[Mo])C1=C(C)OCCC1.[C-]#[O+].[C-]#[O+].[C-]#[O+].[C-]#[O+]. The first-order chi connectivity index (χ1) is 11.8. The predicted molar refractivity (Wildman–Crippen MR) is 78.8 cm³/mol. The number of hydrogen-bond donors (Lipinski definition) is 0. The Morgan fingerprint density at radius 3 is 2.21 bits per heavy atom. The van der Waals surface area contributed by atoms with Crippen LogP contribution in [0.2, 0.25) is 0 Å². The molecule has 0 bridgehead atoms. The van der Waals surface area contributed by atoms with Crippen molar-refractivity contribution in [2.45, 2.75) is 19.8 Å². The van der Waals surface area contributed by atoms with Crippen LogP contribution in [0.1, 0.15) is 19.8 Å². The second-order valence-corrected chi connectivity index (χ2v) is 4.80. The van der Waals surface area contributed by atoms with Crippen LogP contribution in [-0.4, -0.2) is 23.7 Å². The van der Waals surface area contributed by atoms with Gasteiger partial charge in [0.15, 0.2) is 0 Å². The molecule has 1 aliphatic heterocycles. The minimum atomic E-state index is 0.637. The summed E-state index contributed by atoms with van der Waals surface area (Å²) >= 11 is 2.04. The van der Waals surface area contributed by atoms with Gasteiger partial charge in [-0.2, -0.15) is 0 Å². The van der Waals surface area contributed by atoms with E-state index < -0.39 is 0 Å². The summed E-state index contributed by atoms with van der Waals surface area (Å²) in [6, 6.07) is 0. The molecule has 0 saturated carbocycles. The van der Waals surface area contributed by atoms with Crippen LogP contribution in [0, 0.1) is 26.6 Å². The molecule has 7 heteroatoms. The van der Waals surface area contributed by atoms with Crippen molar-refractivity contribution in [2.75, 3.05) is 19.8 Å². The molecule has 24 heavy (non-hydrogen) atoms. The topological polar surface area (TPSA) is 98.1 Å². The summed E-state index contributed by atoms with van der Waals surface area (Å²) in [6.45, 7) is 25.8. The zero-order valence-corrected chi connectivity index (χ0v) is 15.3. The molecule has 0 N–H and O–H groups in total. The van der Waals surface area contributed by atoms with E-state index in [1.54, 1.807) is 6.08 Å². The predicted octanol–water partition coefficient (Wildman–Crippen LogP) is 2.40. The van der Waals surface area contributed by atoms with Crippen LogP contribution in [0.4, 0.5) is 0 Å². The van der Waals surface area contributed by atoms with Gasteiger partial charge in [0.2, 0.25) is 0 Å². The third kappa shape index (κ3) is 18.5. The molecular weight excluding hydrogens is 396 g/mol. The molecule has 0 amide bonds. The monoisotopic (exact) mass is 416 g/mol. The molecule has 0 radical (unpaired) electrons. The second kappa shape index (κ2) is 29.5. The third-order valence-electron chi connectivity index (χ3n) is 2.37. The molecule has 0 unspecified atom stereocenters. The third-order valence-corrected chi connectivity index (χ3v) is 3.27. The minimum absolute atomic E-state index is 0.637. The fourth-order valence-electron chi connectivity index (χ4n) is 1.53. The first-order valence-electron chi connectivity index (χ1n) is 6.28. The summed E-state index contributed by atoms with van der Waals surface area (Å²) in [7, 11) is 0. The molecule has 1 heterocycles. The Labute approximate surface area is 153 Å². The molecule has 1 aliphatic rings. The average Bonchev–Trinajstić information content (AvgIpc) is 2.68. The van der Waals surface area contributed by atoms with E-state index >= 15 is 0 Å². The fraction of sp³-hybridized carbons (Fsp3) is 0.353. The molecular formula is C17H18MoO6. The average molecular weight is 414 g/mol. The van der Waals surface area contributed by atoms with Crippen LogP contribution in [0.3, 0.4) is 0 Å². The molecule has 0 spiro atoms. The van der Waals surface area contributed by atoms with Gasteiger partial charge in [-0.05, 0) is 0 Å². The van der Waals surface area contributed by atoms with Gasteiger partial charge in [0.25, 0.3) is 0 Å². The zero-order chi connectivity index (χ0) is 19.8. The quantitative estimate of drug-likeness (QED) is 0.219. The van der Waals surface area contributed by atoms with Gasteiger partial charge in [-0.3, -0.25) is 0 Å². The van der Waals surface area contributed by atoms with E-state index in [2.05, 4.69) is 33.2 Å². The first kappa shape index (κ1) is 30.4. The standard InChI is InChI=1S/C13H18O2.4CO.Mo/c1-3-4-5-9-14-11-8-13-7-6-10-15-12(13)2;4*1-2;/h3-5H,1,6-7,9-11H2,2H3;;;;;/b5-4+;;;;;. The second-order valence-electron chi connectivity index (χ2n) is 3.59. The van der Waals surface area contributed by atoms with Crippen LogP contribution in [0.5, 0.6) is 0 Å². The van der Waals surface area contributed by atoms with Crippen molar-refractivity contribution in [2.24, 2.45) is 0 Å². The van der Waals surface area contributed by atoms with Gasteiger partial charge in [-0.15, -0.1) is 0 Å². The molecule has 0 aromatic carbocycles. The Bertz CT molecular complexity index is 444. The van der Waals surface area contributed by atoms with Crippen molar-refractivity contribution >= 4 is 3.90 Å². The molecule has 0 aliphatic carbocycles. The van der Waals surface area contributed by atoms with Crippen molar-refractivity contribution < 1.29 is 47.4 Å². The van der Waals surface area contributed by atoms with E-state index in [9.17, 15) is 0 Å². The Morgan fingerprint density at radius 1 is 1.21 bits per heavy atom. The summed E-state index contributed by atoms with van der Waals surface area (Å²) in [4.78, 5) is 0. The zero-order valence-electron chi connectivity index (χ0n) is 13.3. The summed E-state index contributed by atoms with van der Waals surface area (Å²) in [5.41, 5.74) is 1.34. The van der Waals surface area contributed by atoms with Crippen LogP contribution in [0.25, 0.3) is 0 Å². The van der Waals surface area contributed by atoms with E-state index in [0.29, 0.717) is 13.2 Å². The number of rotatable bonds is 6. The van der Waals surface area contributed by atoms with Gasteiger partial charge in [0.1, 0.15) is 0 Å². The number of allylic oxidation sites excluding steroid dienone is 3. The van der Waals surface area contributed by atoms with Crippen LogP contribution in [-0.2, 0) is 47.4 Å². The number of ether oxygens (including phenoxy) is 2. The molecule has 0 aromatic heterocycles. The normalized spacial score (nSPS) is 11.2. The van der Waals surface area contributed by atoms with Crippen LogP contribution in [0.15, 0.2) is 36.1 Å². The molecule has 1 rings (SSSR count). The first-order valence-corrected chi connectivity index (χ1v) is 7.28.